The van der Waals surface area contributed by atoms with Crippen molar-refractivity contribution < 1.29 is 36.7 Å². The van der Waals surface area contributed by atoms with Crippen LogP contribution in [0.25, 0.3) is 0 Å². The van der Waals surface area contributed by atoms with Gasteiger partial charge in [0.2, 0.25) is 5.11 Å². The van der Waals surface area contributed by atoms with Crippen LogP contribution in [-0.2, 0) is 14.4 Å². The Hall–Kier alpha value is -2.95. The van der Waals surface area contributed by atoms with E-state index in [1.165, 1.54) is 9.96 Å². The van der Waals surface area contributed by atoms with Gasteiger partial charge in [-0.2, -0.15) is 8.78 Å². The van der Waals surface area contributed by atoms with E-state index in [0.717, 1.165) is 43.2 Å². The van der Waals surface area contributed by atoms with Gasteiger partial charge in [0.15, 0.2) is 11.6 Å². The fraction of sp³-hybridized carbons (Fsp3) is 0.591. The van der Waals surface area contributed by atoms with Gasteiger partial charge >= 0.3 is 12.5 Å². The molecule has 16 heteroatoms. The number of anilines is 2. The largest absolute Gasteiger partial charge is 0.442 e. The maximum atomic E-state index is 15.1. The molecule has 3 fully saturated rings. The third-order valence-corrected chi connectivity index (χ3v) is 6.67. The molecule has 3 aliphatic rings. The lowest BCUT2D eigenvalue weighted by molar-refractivity contribution is -0.132. The smallest absolute Gasteiger partial charge is 0.414 e. The molecule has 38 heavy (non-hydrogen) atoms. The van der Waals surface area contributed by atoms with Crippen molar-refractivity contribution in [3.8, 4) is 0 Å². The quantitative estimate of drug-likeness (QED) is 0.382. The van der Waals surface area contributed by atoms with Crippen molar-refractivity contribution in [1.82, 2.24) is 25.7 Å². The highest BCUT2D eigenvalue weighted by Crippen LogP contribution is 2.31. The maximum absolute atomic E-state index is 15.1. The Morgan fingerprint density at radius 3 is 2.45 bits per heavy atom. The van der Waals surface area contributed by atoms with E-state index in [1.807, 2.05) is 17.4 Å². The maximum Gasteiger partial charge on any atom is 0.414 e. The van der Waals surface area contributed by atoms with Crippen LogP contribution in [-0.4, -0.2) is 117 Å². The standard InChI is InChI=1S/C22H29F4N7O4S/c1-29-2-5-31(6-3-29)28-21(38)33-7-4-30(8-9-36-33)18-16(23)10-14(11-17(18)24)32-13-15(37-22(32)35)12-27-20(34)19(25)26/h10-11,15,19H,2-9,12-13H2,1H3,(H,27,34)(H,28,38). The molecular formula is C22H29F4N7O4S. The van der Waals surface area contributed by atoms with Crippen LogP contribution in [0, 0.1) is 11.6 Å². The topological polar surface area (TPSA) is 92.9 Å². The molecule has 0 aliphatic carbocycles. The van der Waals surface area contributed by atoms with Gasteiger partial charge < -0.3 is 19.9 Å². The zero-order valence-corrected chi connectivity index (χ0v) is 21.5. The van der Waals surface area contributed by atoms with Crippen LogP contribution in [0.3, 0.4) is 0 Å². The van der Waals surface area contributed by atoms with E-state index in [1.54, 1.807) is 0 Å². The van der Waals surface area contributed by atoms with Gasteiger partial charge in [-0.15, -0.1) is 0 Å². The Morgan fingerprint density at radius 1 is 1.11 bits per heavy atom. The number of cyclic esters (lactones) is 1. The second kappa shape index (κ2) is 12.3. The van der Waals surface area contributed by atoms with Gasteiger partial charge in [0.1, 0.15) is 11.8 Å². The molecule has 2 N–H and O–H groups in total. The van der Waals surface area contributed by atoms with Crippen LogP contribution in [0.5, 0.6) is 0 Å². The zero-order valence-electron chi connectivity index (χ0n) is 20.7. The number of hydrogen-bond acceptors (Lipinski definition) is 8. The number of halogens is 4. The van der Waals surface area contributed by atoms with Crippen molar-refractivity contribution in [2.75, 3.05) is 82.4 Å². The summed E-state index contributed by atoms with van der Waals surface area (Å²) in [5, 5.41) is 5.80. The molecule has 3 heterocycles. The minimum atomic E-state index is -3.21. The third kappa shape index (κ3) is 6.73. The Kier molecular flexibility index (Phi) is 9.07. The first-order valence-corrected chi connectivity index (χ1v) is 12.5. The Bertz CT molecular complexity index is 1020. The number of carbonyl (C=O) groups is 2. The number of hydrogen-bond donors (Lipinski definition) is 2. The minimum Gasteiger partial charge on any atom is -0.442 e. The summed E-state index contributed by atoms with van der Waals surface area (Å²) in [7, 11) is 2.04. The lowest BCUT2D eigenvalue weighted by Crippen LogP contribution is -2.55. The summed E-state index contributed by atoms with van der Waals surface area (Å²) in [6.45, 7) is 3.63. The highest BCUT2D eigenvalue weighted by molar-refractivity contribution is 7.80. The van der Waals surface area contributed by atoms with E-state index >= 15 is 8.78 Å². The molecule has 1 atom stereocenters. The average Bonchev–Trinajstić information content (AvgIpc) is 3.07. The van der Waals surface area contributed by atoms with E-state index in [-0.39, 0.29) is 50.7 Å². The number of benzene rings is 1. The van der Waals surface area contributed by atoms with Gasteiger partial charge in [-0.1, -0.05) is 0 Å². The first-order valence-electron chi connectivity index (χ1n) is 12.0. The summed E-state index contributed by atoms with van der Waals surface area (Å²) in [6.07, 6.45) is -5.07. The lowest BCUT2D eigenvalue weighted by atomic mass is 10.2. The highest BCUT2D eigenvalue weighted by atomic mass is 32.1. The normalized spacial score (nSPS) is 21.5. The first-order chi connectivity index (χ1) is 18.1. The van der Waals surface area contributed by atoms with Crippen LogP contribution in [0.1, 0.15) is 0 Å². The molecule has 0 spiro atoms. The van der Waals surface area contributed by atoms with E-state index in [9.17, 15) is 18.4 Å². The van der Waals surface area contributed by atoms with Crippen molar-refractivity contribution >= 4 is 40.7 Å². The zero-order chi connectivity index (χ0) is 27.4. The fourth-order valence-corrected chi connectivity index (χ4v) is 4.56. The summed E-state index contributed by atoms with van der Waals surface area (Å²) in [5.41, 5.74) is 2.78. The number of ether oxygens (including phenoxy) is 1. The van der Waals surface area contributed by atoms with Crippen LogP contribution >= 0.6 is 12.2 Å². The summed E-state index contributed by atoms with van der Waals surface area (Å²) >= 11 is 5.45. The number of alkyl halides is 2. The van der Waals surface area contributed by atoms with Crippen LogP contribution < -0.4 is 20.5 Å². The predicted molar refractivity (Wildman–Crippen MR) is 133 cm³/mol. The molecule has 2 amide bonds. The van der Waals surface area contributed by atoms with E-state index < -0.39 is 36.2 Å². The summed E-state index contributed by atoms with van der Waals surface area (Å²) in [4.78, 5) is 33.7. The Morgan fingerprint density at radius 2 is 1.79 bits per heavy atom. The molecule has 4 rings (SSSR count). The van der Waals surface area contributed by atoms with Crippen molar-refractivity contribution in [2.45, 2.75) is 12.5 Å². The molecule has 3 saturated heterocycles. The van der Waals surface area contributed by atoms with E-state index in [2.05, 4.69) is 10.3 Å². The fourth-order valence-electron chi connectivity index (χ4n) is 4.28. The first kappa shape index (κ1) is 28.1. The minimum absolute atomic E-state index is 0.0957. The van der Waals surface area contributed by atoms with Crippen molar-refractivity contribution in [2.24, 2.45) is 0 Å². The Balaban J connectivity index is 1.36. The third-order valence-electron chi connectivity index (χ3n) is 6.37. The number of rotatable bonds is 6. The number of carbonyl (C=O) groups excluding carboxylic acids is 2. The summed E-state index contributed by atoms with van der Waals surface area (Å²) in [5.74, 6) is -3.29. The number of amides is 2. The van der Waals surface area contributed by atoms with Crippen LogP contribution in [0.4, 0.5) is 33.7 Å². The molecule has 3 aliphatic heterocycles. The summed E-state index contributed by atoms with van der Waals surface area (Å²) in [6, 6.07) is 2.01. The van der Waals surface area contributed by atoms with Gasteiger partial charge in [-0.25, -0.2) is 23.6 Å². The lowest BCUT2D eigenvalue weighted by Gasteiger charge is -2.34. The SMILES string of the molecule is CN1CCN(NC(=S)N2CCN(c3c(F)cc(N4CC(CNC(=O)C(F)F)OC4=O)cc3F)CCO2)CC1. The molecule has 0 aromatic heterocycles. The second-order valence-corrected chi connectivity index (χ2v) is 9.44. The number of hydroxylamine groups is 2. The second-order valence-electron chi connectivity index (χ2n) is 9.05. The molecule has 210 valence electrons. The van der Waals surface area contributed by atoms with Crippen molar-refractivity contribution in [1.29, 1.82) is 0 Å². The average molecular weight is 564 g/mol. The highest BCUT2D eigenvalue weighted by Gasteiger charge is 2.34. The molecule has 1 aromatic carbocycles. The van der Waals surface area contributed by atoms with E-state index in [4.69, 9.17) is 21.8 Å². The number of piperazine rings is 1. The number of nitrogens with zero attached hydrogens (tertiary/aromatic N) is 5. The van der Waals surface area contributed by atoms with Gasteiger partial charge in [-0.3, -0.25) is 20.0 Å². The van der Waals surface area contributed by atoms with Crippen molar-refractivity contribution in [3.63, 3.8) is 0 Å². The number of nitrogens with one attached hydrogen (secondary N) is 2. The van der Waals surface area contributed by atoms with Gasteiger partial charge in [-0.05, 0) is 19.3 Å². The molecule has 0 radical (unpaired) electrons. The molecule has 1 unspecified atom stereocenters. The molecule has 11 nitrogen and oxygen atoms in total. The van der Waals surface area contributed by atoms with Crippen LogP contribution in [0.15, 0.2) is 12.1 Å². The molecule has 1 aromatic rings. The van der Waals surface area contributed by atoms with Gasteiger partial charge in [0.25, 0.3) is 5.91 Å². The van der Waals surface area contributed by atoms with E-state index in [0.29, 0.717) is 5.11 Å². The molecule has 0 bridgehead atoms. The monoisotopic (exact) mass is 563 g/mol. The Labute approximate surface area is 222 Å². The number of likely N-dealkylation sites (N-methyl/N-ethyl adjacent to an activating group) is 1. The number of hydrazine groups is 1. The number of thiocarbonyl (C=S) groups is 1. The van der Waals surface area contributed by atoms with Crippen LogP contribution in [0.2, 0.25) is 0 Å². The van der Waals surface area contributed by atoms with Gasteiger partial charge in [0.05, 0.1) is 31.9 Å². The van der Waals surface area contributed by atoms with Gasteiger partial charge in [0, 0.05) is 51.4 Å². The van der Waals surface area contributed by atoms with Crippen molar-refractivity contribution in [3.05, 3.63) is 23.8 Å². The summed E-state index contributed by atoms with van der Waals surface area (Å²) < 4.78 is 60.0. The molecule has 0 saturated carbocycles. The molecular weight excluding hydrogens is 534 g/mol. The predicted octanol–water partition coefficient (Wildman–Crippen LogP) is 0.762.